The van der Waals surface area contributed by atoms with Gasteiger partial charge in [0.1, 0.15) is 11.9 Å². The number of carbonyl (C=O) groups excluding carboxylic acids is 1. The number of nitrogens with one attached hydrogen (secondary N) is 2. The lowest BCUT2D eigenvalue weighted by Gasteiger charge is -2.31. The summed E-state index contributed by atoms with van der Waals surface area (Å²) in [5, 5.41) is 17.2. The molecule has 2 aliphatic rings. The largest absolute Gasteiger partial charge is 0.495 e. The molecule has 226 valence electrons. The number of benzene rings is 2. The Bertz CT molecular complexity index is 1260. The van der Waals surface area contributed by atoms with Crippen molar-refractivity contribution in [3.05, 3.63) is 54.1 Å². The zero-order valence-electron chi connectivity index (χ0n) is 24.0. The molecule has 4 rings (SSSR count). The third-order valence-corrected chi connectivity index (χ3v) is 9.18. The lowest BCUT2D eigenvalue weighted by atomic mass is 10.0. The standard InChI is InChI=1S/C29H41N3O8S/c1-19(2)16-32(41(35,36)21-10-11-23(30-3)26(15-21)37-4)17-25(33)24(14-20-8-6-5-7-9-20)31-29(34)40-27-18-39-28-22(27)12-13-38-28/h5-11,15,19,22,24-25,27-28,30,33H,12-14,16-18H2,1-4H3,(H,31,34)/t22-,24-,25+,27-,28+/m0/s1. The first-order valence-electron chi connectivity index (χ1n) is 13.9. The third-order valence-electron chi connectivity index (χ3n) is 7.35. The van der Waals surface area contributed by atoms with Crippen LogP contribution in [0.4, 0.5) is 10.5 Å². The Kier molecular flexibility index (Phi) is 10.5. The second kappa shape index (κ2) is 13.8. The Labute approximate surface area is 242 Å². The highest BCUT2D eigenvalue weighted by Crippen LogP contribution is 2.33. The summed E-state index contributed by atoms with van der Waals surface area (Å²) in [7, 11) is -0.830. The molecule has 2 saturated heterocycles. The minimum Gasteiger partial charge on any atom is -0.495 e. The van der Waals surface area contributed by atoms with Crippen LogP contribution in [0.2, 0.25) is 0 Å². The predicted octanol–water partition coefficient (Wildman–Crippen LogP) is 2.84. The fraction of sp³-hybridized carbons (Fsp3) is 0.552. The number of anilines is 1. The predicted molar refractivity (Wildman–Crippen MR) is 153 cm³/mol. The molecule has 2 aliphatic heterocycles. The number of amides is 1. The molecule has 2 fully saturated rings. The van der Waals surface area contributed by atoms with Crippen LogP contribution in [0.3, 0.4) is 0 Å². The molecule has 41 heavy (non-hydrogen) atoms. The van der Waals surface area contributed by atoms with Gasteiger partial charge in [0.05, 0.1) is 49.0 Å². The molecule has 5 atom stereocenters. The number of ether oxygens (including phenoxy) is 4. The van der Waals surface area contributed by atoms with Gasteiger partial charge < -0.3 is 34.7 Å². The van der Waals surface area contributed by atoms with Crippen LogP contribution in [0.1, 0.15) is 25.8 Å². The topological polar surface area (TPSA) is 136 Å². The van der Waals surface area contributed by atoms with E-state index < -0.39 is 34.4 Å². The average Bonchev–Trinajstić information content (AvgIpc) is 3.57. The second-order valence-corrected chi connectivity index (χ2v) is 12.7. The van der Waals surface area contributed by atoms with Crippen LogP contribution >= 0.6 is 0 Å². The van der Waals surface area contributed by atoms with Crippen LogP contribution in [0.25, 0.3) is 0 Å². The molecule has 11 nitrogen and oxygen atoms in total. The lowest BCUT2D eigenvalue weighted by Crippen LogP contribution is -2.51. The summed E-state index contributed by atoms with van der Waals surface area (Å²) in [4.78, 5) is 13.1. The van der Waals surface area contributed by atoms with Gasteiger partial charge >= 0.3 is 6.09 Å². The first-order valence-corrected chi connectivity index (χ1v) is 15.3. The molecule has 2 aromatic carbocycles. The maximum atomic E-state index is 13.8. The van der Waals surface area contributed by atoms with E-state index in [1.807, 2.05) is 44.2 Å². The third kappa shape index (κ3) is 7.69. The number of fused-ring (bicyclic) bond motifs is 1. The molecular weight excluding hydrogens is 550 g/mol. The number of nitrogens with zero attached hydrogens (tertiary/aromatic N) is 1. The van der Waals surface area contributed by atoms with E-state index in [-0.39, 0.29) is 49.1 Å². The van der Waals surface area contributed by atoms with Crippen LogP contribution in [0.5, 0.6) is 5.75 Å². The Balaban J connectivity index is 1.54. The molecule has 0 bridgehead atoms. The zero-order valence-corrected chi connectivity index (χ0v) is 24.8. The first kappa shape index (κ1) is 31.0. The highest BCUT2D eigenvalue weighted by molar-refractivity contribution is 7.89. The Morgan fingerprint density at radius 3 is 2.59 bits per heavy atom. The molecule has 0 saturated carbocycles. The monoisotopic (exact) mass is 591 g/mol. The van der Waals surface area contributed by atoms with E-state index in [9.17, 15) is 18.3 Å². The van der Waals surface area contributed by atoms with Gasteiger partial charge in [-0.3, -0.25) is 0 Å². The summed E-state index contributed by atoms with van der Waals surface area (Å²) in [6.07, 6.45) is -1.75. The lowest BCUT2D eigenvalue weighted by molar-refractivity contribution is -0.0907. The molecule has 1 amide bonds. The molecule has 0 aromatic heterocycles. The summed E-state index contributed by atoms with van der Waals surface area (Å²) in [6, 6.07) is 13.2. The summed E-state index contributed by atoms with van der Waals surface area (Å²) in [5.74, 6) is 0.330. The fourth-order valence-corrected chi connectivity index (χ4v) is 6.86. The number of rotatable bonds is 13. The van der Waals surface area contributed by atoms with Crippen LogP contribution in [0.15, 0.2) is 53.4 Å². The van der Waals surface area contributed by atoms with E-state index in [2.05, 4.69) is 10.6 Å². The van der Waals surface area contributed by atoms with Gasteiger partial charge in [-0.25, -0.2) is 13.2 Å². The van der Waals surface area contributed by atoms with Crippen molar-refractivity contribution < 1.29 is 37.3 Å². The summed E-state index contributed by atoms with van der Waals surface area (Å²) >= 11 is 0. The highest BCUT2D eigenvalue weighted by atomic mass is 32.2. The molecule has 0 aliphatic carbocycles. The molecule has 2 aromatic rings. The molecule has 0 radical (unpaired) electrons. The average molecular weight is 592 g/mol. The number of alkyl carbamates (subject to hydrolysis) is 1. The number of carbonyl (C=O) groups is 1. The maximum Gasteiger partial charge on any atom is 0.407 e. The first-order chi connectivity index (χ1) is 19.6. The van der Waals surface area contributed by atoms with Crippen LogP contribution in [0, 0.1) is 11.8 Å². The van der Waals surface area contributed by atoms with Crippen molar-refractivity contribution in [2.75, 3.05) is 45.8 Å². The van der Waals surface area contributed by atoms with Crippen molar-refractivity contribution in [2.24, 2.45) is 11.8 Å². The van der Waals surface area contributed by atoms with Gasteiger partial charge in [-0.1, -0.05) is 44.2 Å². The van der Waals surface area contributed by atoms with E-state index in [0.717, 1.165) is 12.0 Å². The summed E-state index contributed by atoms with van der Waals surface area (Å²) in [5.41, 5.74) is 1.52. The van der Waals surface area contributed by atoms with E-state index in [0.29, 0.717) is 18.0 Å². The molecule has 0 unspecified atom stereocenters. The smallest absolute Gasteiger partial charge is 0.407 e. The number of hydrogen-bond acceptors (Lipinski definition) is 9. The summed E-state index contributed by atoms with van der Waals surface area (Å²) in [6.45, 7) is 4.53. The van der Waals surface area contributed by atoms with Crippen molar-refractivity contribution in [3.63, 3.8) is 0 Å². The van der Waals surface area contributed by atoms with Gasteiger partial charge in [0.15, 0.2) is 6.29 Å². The Morgan fingerprint density at radius 2 is 1.90 bits per heavy atom. The molecule has 2 heterocycles. The van der Waals surface area contributed by atoms with Crippen LogP contribution in [-0.2, 0) is 30.7 Å². The number of hydrogen-bond donors (Lipinski definition) is 3. The molecule has 12 heteroatoms. The molecule has 0 spiro atoms. The van der Waals surface area contributed by atoms with Crippen molar-refractivity contribution in [1.82, 2.24) is 9.62 Å². The van der Waals surface area contributed by atoms with Gasteiger partial charge in [0, 0.05) is 26.2 Å². The normalized spacial score (nSPS) is 21.9. The van der Waals surface area contributed by atoms with Crippen molar-refractivity contribution in [1.29, 1.82) is 0 Å². The number of methoxy groups -OCH3 is 1. The molecule has 3 N–H and O–H groups in total. The minimum atomic E-state index is -4.02. The fourth-order valence-electron chi connectivity index (χ4n) is 5.22. The SMILES string of the molecule is CNc1ccc(S(=O)(=O)N(CC(C)C)C[C@@H](O)[C@H](Cc2ccccc2)NC(=O)O[C@H]2CO[C@H]3OCC[C@H]32)cc1OC. The van der Waals surface area contributed by atoms with E-state index in [1.165, 1.54) is 23.5 Å². The van der Waals surface area contributed by atoms with Crippen molar-refractivity contribution in [3.8, 4) is 5.75 Å². The zero-order chi connectivity index (χ0) is 29.6. The Hall–Kier alpha value is -2.90. The number of aliphatic hydroxyl groups is 1. The van der Waals surface area contributed by atoms with Gasteiger partial charge in [-0.15, -0.1) is 0 Å². The Morgan fingerprint density at radius 1 is 1.15 bits per heavy atom. The molecular formula is C29H41N3O8S. The minimum absolute atomic E-state index is 0.0232. The van der Waals surface area contributed by atoms with Crippen molar-refractivity contribution >= 4 is 21.8 Å². The number of aliphatic hydroxyl groups excluding tert-OH is 1. The highest BCUT2D eigenvalue weighted by Gasteiger charge is 2.44. The second-order valence-electron chi connectivity index (χ2n) is 10.8. The van der Waals surface area contributed by atoms with Gasteiger partial charge in [-0.2, -0.15) is 4.31 Å². The van der Waals surface area contributed by atoms with E-state index in [4.69, 9.17) is 18.9 Å². The van der Waals surface area contributed by atoms with Crippen LogP contribution in [-0.4, -0.2) is 88.9 Å². The number of sulfonamides is 1. The van der Waals surface area contributed by atoms with E-state index >= 15 is 0 Å². The van der Waals surface area contributed by atoms with E-state index in [1.54, 1.807) is 13.1 Å². The maximum absolute atomic E-state index is 13.8. The van der Waals surface area contributed by atoms with Gasteiger partial charge in [-0.05, 0) is 36.5 Å². The van der Waals surface area contributed by atoms with Gasteiger partial charge in [0.2, 0.25) is 10.0 Å². The van der Waals surface area contributed by atoms with Gasteiger partial charge in [0.25, 0.3) is 0 Å². The quantitative estimate of drug-likeness (QED) is 0.321. The van der Waals surface area contributed by atoms with Crippen molar-refractivity contribution in [2.45, 2.75) is 56.1 Å². The summed E-state index contributed by atoms with van der Waals surface area (Å²) < 4.78 is 51.0. The van der Waals surface area contributed by atoms with Crippen LogP contribution < -0.4 is 15.4 Å².